The number of para-hydroxylation sites is 3. The van der Waals surface area contributed by atoms with Gasteiger partial charge in [-0.2, -0.15) is 0 Å². The van der Waals surface area contributed by atoms with Crippen molar-refractivity contribution in [2.24, 2.45) is 0 Å². The molecule has 1 aliphatic heterocycles. The zero-order chi connectivity index (χ0) is 35.1. The van der Waals surface area contributed by atoms with Crippen molar-refractivity contribution in [2.45, 2.75) is 0 Å². The van der Waals surface area contributed by atoms with Gasteiger partial charge in [-0.3, -0.25) is 4.90 Å². The van der Waals surface area contributed by atoms with Gasteiger partial charge in [0.15, 0.2) is 0 Å². The molecule has 1 aromatic heterocycles. The fourth-order valence-corrected chi connectivity index (χ4v) is 7.85. The summed E-state index contributed by atoms with van der Waals surface area (Å²) in [6.07, 6.45) is 1.85. The summed E-state index contributed by atoms with van der Waals surface area (Å²) in [5, 5.41) is 4.87. The Labute approximate surface area is 309 Å². The molecule has 0 unspecified atom stereocenters. The lowest BCUT2D eigenvalue weighted by Crippen LogP contribution is -2.16. The van der Waals surface area contributed by atoms with Crippen LogP contribution in [0.15, 0.2) is 206 Å². The first-order valence-corrected chi connectivity index (χ1v) is 18.0. The van der Waals surface area contributed by atoms with Crippen molar-refractivity contribution in [3.8, 4) is 11.1 Å². The van der Waals surface area contributed by atoms with Gasteiger partial charge in [0.1, 0.15) is 5.82 Å². The van der Waals surface area contributed by atoms with Crippen LogP contribution in [0.3, 0.4) is 0 Å². The Morgan fingerprint density at radius 3 is 1.66 bits per heavy atom. The minimum Gasteiger partial charge on any atom is -0.310 e. The number of anilines is 9. The second-order valence-electron chi connectivity index (χ2n) is 13.3. The van der Waals surface area contributed by atoms with Gasteiger partial charge in [0.05, 0.1) is 11.4 Å². The number of nitrogens with zero attached hydrogens (tertiary/aromatic N) is 4. The van der Waals surface area contributed by atoms with Crippen LogP contribution in [0, 0.1) is 0 Å². The summed E-state index contributed by atoms with van der Waals surface area (Å²) in [4.78, 5) is 11.7. The second-order valence-corrected chi connectivity index (χ2v) is 13.3. The molecule has 53 heavy (non-hydrogen) atoms. The average molecular weight is 679 g/mol. The van der Waals surface area contributed by atoms with Gasteiger partial charge in [-0.25, -0.2) is 4.98 Å². The van der Waals surface area contributed by atoms with Crippen LogP contribution in [0.25, 0.3) is 32.7 Å². The van der Waals surface area contributed by atoms with E-state index in [2.05, 4.69) is 197 Å². The standard InChI is InChI=1S/C49H34N4/c1-4-16-37(17-5-1)51(38-18-6-2-7-19-38)42-30-32-43-36(34-42)25-31-45-44-22-12-14-35-15-13-23-46(48(35)44)53(49(43)45)41-28-26-40(27-29-41)52(39-20-8-3-9-21-39)47-24-10-11-33-50-47/h1-34H. The SMILES string of the molecule is c1ccc(N(c2ccccc2)c2ccc3c4c(ccc3c2)-c2cccc3cccc(c23)N4c2ccc(N(c3ccccc3)c3ccccn3)cc2)cc1. The molecule has 9 aromatic rings. The van der Waals surface area contributed by atoms with E-state index in [1.54, 1.807) is 0 Å². The van der Waals surface area contributed by atoms with Gasteiger partial charge in [0.25, 0.3) is 0 Å². The Hall–Kier alpha value is -7.17. The Morgan fingerprint density at radius 2 is 1.00 bits per heavy atom. The van der Waals surface area contributed by atoms with E-state index in [0.29, 0.717) is 0 Å². The highest BCUT2D eigenvalue weighted by Gasteiger charge is 2.28. The van der Waals surface area contributed by atoms with Crippen molar-refractivity contribution in [3.63, 3.8) is 0 Å². The normalized spacial score (nSPS) is 11.7. The van der Waals surface area contributed by atoms with Crippen LogP contribution >= 0.6 is 0 Å². The summed E-state index contributed by atoms with van der Waals surface area (Å²) in [6.45, 7) is 0. The molecule has 0 amide bonds. The minimum atomic E-state index is 0.871. The highest BCUT2D eigenvalue weighted by molar-refractivity contribution is 6.19. The van der Waals surface area contributed by atoms with Crippen molar-refractivity contribution < 1.29 is 0 Å². The lowest BCUT2D eigenvalue weighted by atomic mass is 9.88. The molecule has 0 saturated carbocycles. The van der Waals surface area contributed by atoms with Crippen LogP contribution in [-0.4, -0.2) is 4.98 Å². The lowest BCUT2D eigenvalue weighted by Gasteiger charge is -2.35. The van der Waals surface area contributed by atoms with E-state index in [9.17, 15) is 0 Å². The predicted octanol–water partition coefficient (Wildman–Crippen LogP) is 13.8. The quantitative estimate of drug-likeness (QED) is 0.167. The topological polar surface area (TPSA) is 22.6 Å². The minimum absolute atomic E-state index is 0.871. The van der Waals surface area contributed by atoms with Gasteiger partial charge in [-0.1, -0.05) is 109 Å². The number of pyridine rings is 1. The third-order valence-electron chi connectivity index (χ3n) is 10.2. The molecule has 8 aromatic carbocycles. The number of hydrogen-bond donors (Lipinski definition) is 0. The highest BCUT2D eigenvalue weighted by atomic mass is 15.2. The van der Waals surface area contributed by atoms with Crippen LogP contribution in [0.1, 0.15) is 0 Å². The van der Waals surface area contributed by atoms with E-state index in [-0.39, 0.29) is 0 Å². The fourth-order valence-electron chi connectivity index (χ4n) is 7.85. The molecule has 0 saturated heterocycles. The summed E-state index contributed by atoms with van der Waals surface area (Å²) >= 11 is 0. The molecular weight excluding hydrogens is 645 g/mol. The zero-order valence-electron chi connectivity index (χ0n) is 28.9. The largest absolute Gasteiger partial charge is 0.310 e. The van der Waals surface area contributed by atoms with Gasteiger partial charge < -0.3 is 9.80 Å². The van der Waals surface area contributed by atoms with Crippen LogP contribution in [0.5, 0.6) is 0 Å². The molecule has 0 radical (unpaired) electrons. The van der Waals surface area contributed by atoms with Crippen LogP contribution in [-0.2, 0) is 0 Å². The third-order valence-corrected chi connectivity index (χ3v) is 10.2. The lowest BCUT2D eigenvalue weighted by molar-refractivity contribution is 1.18. The Morgan fingerprint density at radius 1 is 0.396 bits per heavy atom. The molecule has 0 spiro atoms. The second kappa shape index (κ2) is 12.9. The molecule has 0 atom stereocenters. The highest BCUT2D eigenvalue weighted by Crippen LogP contribution is 2.54. The van der Waals surface area contributed by atoms with E-state index in [4.69, 9.17) is 4.98 Å². The van der Waals surface area contributed by atoms with Crippen molar-refractivity contribution in [1.82, 2.24) is 4.98 Å². The molecule has 0 fully saturated rings. The van der Waals surface area contributed by atoms with Crippen LogP contribution < -0.4 is 14.7 Å². The predicted molar refractivity (Wildman–Crippen MR) is 222 cm³/mol. The van der Waals surface area contributed by atoms with Gasteiger partial charge in [0, 0.05) is 56.7 Å². The van der Waals surface area contributed by atoms with Gasteiger partial charge in [-0.15, -0.1) is 0 Å². The third kappa shape index (κ3) is 5.28. The average Bonchev–Trinajstić information content (AvgIpc) is 3.23. The molecule has 4 heteroatoms. The Balaban J connectivity index is 1.15. The smallest absolute Gasteiger partial charge is 0.137 e. The van der Waals surface area contributed by atoms with Crippen molar-refractivity contribution in [1.29, 1.82) is 0 Å². The van der Waals surface area contributed by atoms with E-state index in [0.717, 1.165) is 39.9 Å². The maximum Gasteiger partial charge on any atom is 0.137 e. The zero-order valence-corrected chi connectivity index (χ0v) is 28.9. The first-order valence-electron chi connectivity index (χ1n) is 18.0. The molecule has 1 aliphatic rings. The number of hydrogen-bond acceptors (Lipinski definition) is 4. The molecule has 250 valence electrons. The van der Waals surface area contributed by atoms with E-state index < -0.39 is 0 Å². The van der Waals surface area contributed by atoms with E-state index in [1.165, 1.54) is 44.0 Å². The van der Waals surface area contributed by atoms with Crippen molar-refractivity contribution >= 4 is 72.9 Å². The monoisotopic (exact) mass is 678 g/mol. The number of fused-ring (bicyclic) bond motifs is 4. The first kappa shape index (κ1) is 30.6. The first-order chi connectivity index (χ1) is 26.3. The fraction of sp³-hybridized carbons (Fsp3) is 0. The van der Waals surface area contributed by atoms with Crippen LogP contribution in [0.4, 0.5) is 51.3 Å². The molecule has 2 heterocycles. The summed E-state index contributed by atoms with van der Waals surface area (Å²) in [6, 6.07) is 71.3. The van der Waals surface area contributed by atoms with Gasteiger partial charge in [0.2, 0.25) is 0 Å². The van der Waals surface area contributed by atoms with Gasteiger partial charge >= 0.3 is 0 Å². The summed E-state index contributed by atoms with van der Waals surface area (Å²) in [7, 11) is 0. The molecule has 0 bridgehead atoms. The maximum atomic E-state index is 4.73. The summed E-state index contributed by atoms with van der Waals surface area (Å²) in [5.74, 6) is 0.871. The molecule has 10 rings (SSSR count). The van der Waals surface area contributed by atoms with Crippen molar-refractivity contribution in [3.05, 3.63) is 206 Å². The van der Waals surface area contributed by atoms with Crippen LogP contribution in [0.2, 0.25) is 0 Å². The van der Waals surface area contributed by atoms with E-state index in [1.807, 2.05) is 24.4 Å². The van der Waals surface area contributed by atoms with Crippen molar-refractivity contribution in [2.75, 3.05) is 14.7 Å². The molecule has 0 aliphatic carbocycles. The molecule has 4 nitrogen and oxygen atoms in total. The Kier molecular flexibility index (Phi) is 7.43. The molecule has 0 N–H and O–H groups in total. The number of rotatable bonds is 7. The summed E-state index contributed by atoms with van der Waals surface area (Å²) < 4.78 is 0. The molecular formula is C49H34N4. The number of benzene rings is 8. The van der Waals surface area contributed by atoms with Gasteiger partial charge in [-0.05, 0) is 107 Å². The van der Waals surface area contributed by atoms with E-state index >= 15 is 0 Å². The maximum absolute atomic E-state index is 4.73. The Bertz CT molecular complexity index is 2630. The summed E-state index contributed by atoms with van der Waals surface area (Å²) in [5.41, 5.74) is 11.4. The number of aromatic nitrogens is 1.